The molecule has 2 aromatic carbocycles. The molecule has 1 aliphatic heterocycles. The molecular weight excluding hydrogens is 452 g/mol. The summed E-state index contributed by atoms with van der Waals surface area (Å²) in [6.45, 7) is 2.96. The van der Waals surface area contributed by atoms with Gasteiger partial charge in [0.05, 0.1) is 12.7 Å². The van der Waals surface area contributed by atoms with Crippen molar-refractivity contribution in [2.45, 2.75) is 25.3 Å². The van der Waals surface area contributed by atoms with Crippen molar-refractivity contribution in [3.05, 3.63) is 95.3 Å². The lowest BCUT2D eigenvalue weighted by molar-refractivity contribution is 0.0600. The van der Waals surface area contributed by atoms with Gasteiger partial charge in [-0.15, -0.1) is 0 Å². The molecule has 0 spiro atoms. The van der Waals surface area contributed by atoms with Gasteiger partial charge in [0.25, 0.3) is 0 Å². The summed E-state index contributed by atoms with van der Waals surface area (Å²) in [4.78, 5) is 30.8. The molecular formula is C29H30N4O3. The molecule has 0 aliphatic carbocycles. The second-order valence-electron chi connectivity index (χ2n) is 8.72. The molecule has 0 unspecified atom stereocenters. The van der Waals surface area contributed by atoms with Crippen molar-refractivity contribution in [2.24, 2.45) is 0 Å². The molecule has 1 saturated heterocycles. The van der Waals surface area contributed by atoms with Crippen LogP contribution < -0.4 is 10.6 Å². The first kappa shape index (κ1) is 25.0. The lowest BCUT2D eigenvalue weighted by atomic mass is 10.0. The molecule has 1 aromatic heterocycles. The average molecular weight is 483 g/mol. The minimum atomic E-state index is -0.397. The Bertz CT molecular complexity index is 1240. The number of rotatable bonds is 6. The zero-order chi connectivity index (χ0) is 25.2. The highest BCUT2D eigenvalue weighted by atomic mass is 16.5. The zero-order valence-corrected chi connectivity index (χ0v) is 20.4. The highest BCUT2D eigenvalue weighted by Gasteiger charge is 2.20. The SMILES string of the molecule is COC(=O)c1cccc(C#Cc2cccc(NC(=O)NC3CCN(CCc4ccncc4)CC3)c2)c1. The quantitative estimate of drug-likeness (QED) is 0.408. The standard InChI is InChI=1S/C29H30N4O3/c1-36-28(34)25-6-2-4-23(20-25)8-9-24-5-3-7-27(21-24)32-29(35)31-26-13-18-33(19-14-26)17-12-22-10-15-30-16-11-22/h2-7,10-11,15-16,20-21,26H,12-14,17-19H2,1H3,(H2,31,32,35). The molecule has 2 N–H and O–H groups in total. The molecule has 7 heteroatoms. The van der Waals surface area contributed by atoms with Gasteiger partial charge in [-0.3, -0.25) is 4.98 Å². The number of piperidine rings is 1. The van der Waals surface area contributed by atoms with Gasteiger partial charge in [0.2, 0.25) is 0 Å². The third-order valence-corrected chi connectivity index (χ3v) is 6.14. The number of carbonyl (C=O) groups excluding carboxylic acids is 2. The van der Waals surface area contributed by atoms with Gasteiger partial charge in [-0.25, -0.2) is 9.59 Å². The fourth-order valence-corrected chi connectivity index (χ4v) is 4.15. The van der Waals surface area contributed by atoms with Crippen molar-refractivity contribution in [2.75, 3.05) is 32.1 Å². The van der Waals surface area contributed by atoms with Crippen LogP contribution in [0.4, 0.5) is 10.5 Å². The van der Waals surface area contributed by atoms with E-state index in [1.807, 2.05) is 42.7 Å². The van der Waals surface area contributed by atoms with E-state index in [1.54, 1.807) is 18.2 Å². The smallest absolute Gasteiger partial charge is 0.337 e. The van der Waals surface area contributed by atoms with E-state index in [4.69, 9.17) is 4.74 Å². The highest BCUT2D eigenvalue weighted by molar-refractivity contribution is 5.90. The van der Waals surface area contributed by atoms with Crippen LogP contribution >= 0.6 is 0 Å². The second-order valence-corrected chi connectivity index (χ2v) is 8.72. The summed E-state index contributed by atoms with van der Waals surface area (Å²) in [7, 11) is 1.35. The minimum Gasteiger partial charge on any atom is -0.465 e. The predicted octanol–water partition coefficient (Wildman–Crippen LogP) is 4.10. The second kappa shape index (κ2) is 12.5. The molecule has 2 heterocycles. The number of amides is 2. The van der Waals surface area contributed by atoms with Gasteiger partial charge in [0.15, 0.2) is 0 Å². The number of aromatic nitrogens is 1. The first-order chi connectivity index (χ1) is 17.6. The number of likely N-dealkylation sites (tertiary alicyclic amines) is 1. The number of methoxy groups -OCH3 is 1. The number of ether oxygens (including phenoxy) is 1. The monoisotopic (exact) mass is 482 g/mol. The molecule has 4 rings (SSSR count). The van der Waals surface area contributed by atoms with Crippen LogP contribution in [0.3, 0.4) is 0 Å². The summed E-state index contributed by atoms with van der Waals surface area (Å²) in [5, 5.41) is 6.02. The average Bonchev–Trinajstić information content (AvgIpc) is 2.92. The van der Waals surface area contributed by atoms with Gasteiger partial charge < -0.3 is 20.3 Å². The molecule has 2 amide bonds. The summed E-state index contributed by atoms with van der Waals surface area (Å²) in [5.74, 6) is 5.75. The lowest BCUT2D eigenvalue weighted by Crippen LogP contribution is -2.46. The highest BCUT2D eigenvalue weighted by Crippen LogP contribution is 2.14. The maximum atomic E-state index is 12.6. The van der Waals surface area contributed by atoms with E-state index in [9.17, 15) is 9.59 Å². The number of anilines is 1. The summed E-state index contributed by atoms with van der Waals surface area (Å²) < 4.78 is 4.76. The van der Waals surface area contributed by atoms with E-state index >= 15 is 0 Å². The summed E-state index contributed by atoms with van der Waals surface area (Å²) >= 11 is 0. The molecule has 3 aromatic rings. The van der Waals surface area contributed by atoms with Crippen molar-refractivity contribution in [1.82, 2.24) is 15.2 Å². The van der Waals surface area contributed by atoms with Gasteiger partial charge in [0, 0.05) is 54.9 Å². The summed E-state index contributed by atoms with van der Waals surface area (Å²) in [6, 6.07) is 18.4. The number of esters is 1. The lowest BCUT2D eigenvalue weighted by Gasteiger charge is -2.32. The molecule has 184 valence electrons. The van der Waals surface area contributed by atoms with E-state index < -0.39 is 5.97 Å². The maximum Gasteiger partial charge on any atom is 0.337 e. The van der Waals surface area contributed by atoms with Crippen LogP contribution in [0, 0.1) is 11.8 Å². The van der Waals surface area contributed by atoms with Crippen molar-refractivity contribution in [3.63, 3.8) is 0 Å². The topological polar surface area (TPSA) is 83.6 Å². The van der Waals surface area contributed by atoms with Crippen molar-refractivity contribution >= 4 is 17.7 Å². The number of pyridine rings is 1. The number of nitrogens with one attached hydrogen (secondary N) is 2. The molecule has 36 heavy (non-hydrogen) atoms. The number of hydrogen-bond donors (Lipinski definition) is 2. The minimum absolute atomic E-state index is 0.159. The maximum absolute atomic E-state index is 12.6. The Balaban J connectivity index is 1.25. The largest absolute Gasteiger partial charge is 0.465 e. The van der Waals surface area contributed by atoms with Crippen molar-refractivity contribution in [1.29, 1.82) is 0 Å². The van der Waals surface area contributed by atoms with Crippen LogP contribution in [0.2, 0.25) is 0 Å². The molecule has 0 atom stereocenters. The molecule has 1 fully saturated rings. The molecule has 0 radical (unpaired) electrons. The molecule has 0 bridgehead atoms. The Hall–Kier alpha value is -4.15. The van der Waals surface area contributed by atoms with Crippen LogP contribution in [-0.2, 0) is 11.2 Å². The van der Waals surface area contributed by atoms with Crippen LogP contribution in [0.1, 0.15) is 39.9 Å². The Morgan fingerprint density at radius 3 is 2.42 bits per heavy atom. The van der Waals surface area contributed by atoms with Gasteiger partial charge in [0.1, 0.15) is 0 Å². The predicted molar refractivity (Wildman–Crippen MR) is 140 cm³/mol. The Morgan fingerprint density at radius 2 is 1.69 bits per heavy atom. The fraction of sp³-hybridized carbons (Fsp3) is 0.276. The van der Waals surface area contributed by atoms with Crippen LogP contribution in [0.25, 0.3) is 0 Å². The van der Waals surface area contributed by atoms with Gasteiger partial charge >= 0.3 is 12.0 Å². The van der Waals surface area contributed by atoms with E-state index in [1.165, 1.54) is 12.7 Å². The van der Waals surface area contributed by atoms with E-state index in [-0.39, 0.29) is 12.1 Å². The van der Waals surface area contributed by atoms with Crippen molar-refractivity contribution in [3.8, 4) is 11.8 Å². The summed E-state index contributed by atoms with van der Waals surface area (Å²) in [6.07, 6.45) is 6.53. The molecule has 7 nitrogen and oxygen atoms in total. The van der Waals surface area contributed by atoms with Gasteiger partial charge in [-0.05, 0) is 73.4 Å². The Labute approximate surface area is 211 Å². The number of urea groups is 1. The van der Waals surface area contributed by atoms with E-state index in [0.717, 1.165) is 44.5 Å². The first-order valence-corrected chi connectivity index (χ1v) is 12.1. The van der Waals surface area contributed by atoms with Crippen molar-refractivity contribution < 1.29 is 14.3 Å². The number of hydrogen-bond acceptors (Lipinski definition) is 5. The Kier molecular flexibility index (Phi) is 8.68. The normalized spacial score (nSPS) is 13.8. The van der Waals surface area contributed by atoms with E-state index in [2.05, 4.69) is 44.5 Å². The van der Waals surface area contributed by atoms with Gasteiger partial charge in [-0.2, -0.15) is 0 Å². The fourth-order valence-electron chi connectivity index (χ4n) is 4.15. The third kappa shape index (κ3) is 7.42. The number of nitrogens with zero attached hydrogens (tertiary/aromatic N) is 2. The summed E-state index contributed by atoms with van der Waals surface area (Å²) in [5.41, 5.74) is 3.90. The van der Waals surface area contributed by atoms with Crippen LogP contribution in [-0.4, -0.2) is 54.7 Å². The van der Waals surface area contributed by atoms with Crippen LogP contribution in [0.15, 0.2) is 73.1 Å². The third-order valence-electron chi connectivity index (χ3n) is 6.14. The zero-order valence-electron chi connectivity index (χ0n) is 20.4. The molecule has 1 aliphatic rings. The van der Waals surface area contributed by atoms with Crippen LogP contribution in [0.5, 0.6) is 0 Å². The first-order valence-electron chi connectivity index (χ1n) is 12.1. The van der Waals surface area contributed by atoms with Gasteiger partial charge in [-0.1, -0.05) is 24.0 Å². The van der Waals surface area contributed by atoms with E-state index in [0.29, 0.717) is 16.8 Å². The number of benzene rings is 2. The Morgan fingerprint density at radius 1 is 1.00 bits per heavy atom. The molecule has 0 saturated carbocycles. The number of carbonyl (C=O) groups is 2.